The molecule has 17 nitrogen and oxygen atoms in total. The second kappa shape index (κ2) is 66.3. The first kappa shape index (κ1) is 90.1. The van der Waals surface area contributed by atoms with Crippen molar-refractivity contribution in [2.24, 2.45) is 5.92 Å². The van der Waals surface area contributed by atoms with E-state index in [-0.39, 0.29) is 25.7 Å². The van der Waals surface area contributed by atoms with Crippen LogP contribution in [0.25, 0.3) is 0 Å². The zero-order valence-electron chi connectivity index (χ0n) is 59.7. The molecule has 0 amide bonds. The van der Waals surface area contributed by atoms with Crippen LogP contribution in [-0.2, 0) is 65.4 Å². The lowest BCUT2D eigenvalue weighted by Crippen LogP contribution is -2.30. The zero-order chi connectivity index (χ0) is 67.7. The van der Waals surface area contributed by atoms with Crippen molar-refractivity contribution in [3.05, 3.63) is 0 Å². The Balaban J connectivity index is 5.18. The first-order chi connectivity index (χ1) is 44.5. The molecular weight excluding hydrogens is 1210 g/mol. The van der Waals surface area contributed by atoms with Crippen LogP contribution in [0.5, 0.6) is 0 Å². The van der Waals surface area contributed by atoms with Gasteiger partial charge in [-0.2, -0.15) is 0 Å². The number of phosphoric ester groups is 2. The van der Waals surface area contributed by atoms with Gasteiger partial charge in [0.25, 0.3) is 0 Å². The SMILES string of the molecule is CCCCCCCCCCCCCCCCCCCCC(=O)O[C@H](COC(=O)CCCCCCCCCCCCCCCCCCC)COP(=O)(O)OC[C@@H](O)COP(=O)(O)OC[C@@H](COC(=O)CCCCCCCCC)OC(=O)CCCCCCCCCC(C)C. The van der Waals surface area contributed by atoms with E-state index in [1.165, 1.54) is 193 Å². The average molecular weight is 1350 g/mol. The summed E-state index contributed by atoms with van der Waals surface area (Å²) in [4.78, 5) is 72.5. The molecule has 0 rings (SSSR count). The normalized spacial score (nSPS) is 14.0. The molecule has 19 heteroatoms. The first-order valence-electron chi connectivity index (χ1n) is 38.1. The van der Waals surface area contributed by atoms with Gasteiger partial charge < -0.3 is 33.8 Å². The van der Waals surface area contributed by atoms with Crippen LogP contribution in [0.3, 0.4) is 0 Å². The van der Waals surface area contributed by atoms with Crippen molar-refractivity contribution in [2.75, 3.05) is 39.6 Å². The zero-order valence-corrected chi connectivity index (χ0v) is 61.5. The lowest BCUT2D eigenvalue weighted by atomic mass is 10.0. The Bertz CT molecular complexity index is 1770. The van der Waals surface area contributed by atoms with Gasteiger partial charge in [-0.05, 0) is 31.6 Å². The fourth-order valence-corrected chi connectivity index (χ4v) is 12.8. The monoisotopic (exact) mass is 1350 g/mol. The number of unbranched alkanes of at least 4 members (excludes halogenated alkanes) is 45. The summed E-state index contributed by atoms with van der Waals surface area (Å²) in [7, 11) is -9.90. The van der Waals surface area contributed by atoms with Gasteiger partial charge in [-0.15, -0.1) is 0 Å². The Morgan fingerprint density at radius 1 is 0.293 bits per heavy atom. The van der Waals surface area contributed by atoms with Crippen LogP contribution in [0.2, 0.25) is 0 Å². The van der Waals surface area contributed by atoms with Crippen molar-refractivity contribution < 1.29 is 80.2 Å². The van der Waals surface area contributed by atoms with Crippen molar-refractivity contribution in [3.63, 3.8) is 0 Å². The highest BCUT2D eigenvalue weighted by atomic mass is 31.2. The van der Waals surface area contributed by atoms with Crippen molar-refractivity contribution in [1.82, 2.24) is 0 Å². The van der Waals surface area contributed by atoms with Crippen molar-refractivity contribution >= 4 is 39.5 Å². The summed E-state index contributed by atoms with van der Waals surface area (Å²) in [6, 6.07) is 0. The molecule has 546 valence electrons. The molecule has 0 aromatic rings. The fourth-order valence-electron chi connectivity index (χ4n) is 11.2. The molecular formula is C73H142O17P2. The Morgan fingerprint density at radius 2 is 0.500 bits per heavy atom. The maximum absolute atomic E-state index is 13.1. The van der Waals surface area contributed by atoms with E-state index in [1.807, 2.05) is 0 Å². The summed E-state index contributed by atoms with van der Waals surface area (Å²) in [6.45, 7) is 7.16. The molecule has 5 atom stereocenters. The van der Waals surface area contributed by atoms with E-state index in [0.29, 0.717) is 31.6 Å². The number of hydrogen-bond acceptors (Lipinski definition) is 15. The van der Waals surface area contributed by atoms with E-state index in [4.69, 9.17) is 37.0 Å². The minimum atomic E-state index is -4.95. The number of carbonyl (C=O) groups excluding carboxylic acids is 4. The second-order valence-electron chi connectivity index (χ2n) is 26.8. The van der Waals surface area contributed by atoms with Crippen LogP contribution in [0.4, 0.5) is 0 Å². The van der Waals surface area contributed by atoms with Crippen molar-refractivity contribution in [1.29, 1.82) is 0 Å². The standard InChI is InChI=1S/C73H142O17P2/c1-6-9-12-15-18-20-22-24-26-28-30-32-34-36-38-43-48-53-58-72(77)89-69(63-84-71(76)57-52-47-42-37-35-33-31-29-27-25-23-21-19-16-13-10-7-2)65-88-92(81,82)86-61-67(74)60-85-91(79,80)87-64-68(62-83-70(75)56-51-46-40-17-14-11-8-3)90-73(78)59-54-49-44-39-41-45-50-55-66(4)5/h66-69,74H,6-65H2,1-5H3,(H,79,80)(H,81,82)/t67-,68+,69+/m0/s1. The van der Waals surface area contributed by atoms with Gasteiger partial charge in [0.2, 0.25) is 0 Å². The van der Waals surface area contributed by atoms with Crippen LogP contribution >= 0.6 is 15.6 Å². The smallest absolute Gasteiger partial charge is 0.462 e. The maximum Gasteiger partial charge on any atom is 0.472 e. The van der Waals surface area contributed by atoms with Gasteiger partial charge in [0, 0.05) is 25.7 Å². The number of phosphoric acid groups is 2. The van der Waals surface area contributed by atoms with E-state index < -0.39 is 97.5 Å². The third-order valence-corrected chi connectivity index (χ3v) is 18.9. The summed E-state index contributed by atoms with van der Waals surface area (Å²) in [5.74, 6) is -1.43. The molecule has 2 unspecified atom stereocenters. The van der Waals surface area contributed by atoms with Gasteiger partial charge in [0.05, 0.1) is 26.4 Å². The molecule has 0 fully saturated rings. The average Bonchev–Trinajstić information content (AvgIpc) is 1.89. The molecule has 0 saturated carbocycles. The van der Waals surface area contributed by atoms with Gasteiger partial charge in [0.15, 0.2) is 12.2 Å². The van der Waals surface area contributed by atoms with E-state index >= 15 is 0 Å². The van der Waals surface area contributed by atoms with Crippen LogP contribution in [0, 0.1) is 5.92 Å². The minimum Gasteiger partial charge on any atom is -0.462 e. The molecule has 3 N–H and O–H groups in total. The molecule has 0 aliphatic rings. The summed E-state index contributed by atoms with van der Waals surface area (Å²) in [5, 5.41) is 10.6. The number of carbonyl (C=O) groups is 4. The summed E-state index contributed by atoms with van der Waals surface area (Å²) >= 11 is 0. The van der Waals surface area contributed by atoms with Crippen LogP contribution in [-0.4, -0.2) is 96.7 Å². The molecule has 0 spiro atoms. The topological polar surface area (TPSA) is 237 Å². The van der Waals surface area contributed by atoms with Gasteiger partial charge in [-0.25, -0.2) is 9.13 Å². The highest BCUT2D eigenvalue weighted by Gasteiger charge is 2.30. The molecule has 0 heterocycles. The number of rotatable bonds is 73. The Hall–Kier alpha value is -1.94. The Morgan fingerprint density at radius 3 is 0.739 bits per heavy atom. The third kappa shape index (κ3) is 66.7. The third-order valence-electron chi connectivity index (χ3n) is 17.0. The molecule has 0 bridgehead atoms. The number of ether oxygens (including phenoxy) is 4. The summed E-state index contributed by atoms with van der Waals surface area (Å²) in [6.07, 6.45) is 54.4. The Labute approximate surface area is 562 Å². The highest BCUT2D eigenvalue weighted by molar-refractivity contribution is 7.47. The fraction of sp³-hybridized carbons (Fsp3) is 0.945. The van der Waals surface area contributed by atoms with Crippen LogP contribution in [0.1, 0.15) is 381 Å². The molecule has 0 aromatic carbocycles. The molecule has 0 aliphatic carbocycles. The number of aliphatic hydroxyl groups is 1. The predicted molar refractivity (Wildman–Crippen MR) is 372 cm³/mol. The summed E-state index contributed by atoms with van der Waals surface area (Å²) < 4.78 is 68.3. The number of hydrogen-bond donors (Lipinski definition) is 3. The minimum absolute atomic E-state index is 0.103. The van der Waals surface area contributed by atoms with E-state index in [0.717, 1.165) is 103 Å². The largest absolute Gasteiger partial charge is 0.472 e. The lowest BCUT2D eigenvalue weighted by Gasteiger charge is -2.21. The van der Waals surface area contributed by atoms with E-state index in [9.17, 15) is 43.2 Å². The van der Waals surface area contributed by atoms with Crippen LogP contribution < -0.4 is 0 Å². The first-order valence-corrected chi connectivity index (χ1v) is 41.1. The molecule has 0 radical (unpaired) electrons. The van der Waals surface area contributed by atoms with Crippen LogP contribution in [0.15, 0.2) is 0 Å². The number of aliphatic hydroxyl groups excluding tert-OH is 1. The quantitative estimate of drug-likeness (QED) is 0.0222. The predicted octanol–water partition coefficient (Wildman–Crippen LogP) is 21.3. The van der Waals surface area contributed by atoms with Gasteiger partial charge in [-0.3, -0.25) is 37.3 Å². The van der Waals surface area contributed by atoms with Crippen molar-refractivity contribution in [2.45, 2.75) is 400 Å². The highest BCUT2D eigenvalue weighted by Crippen LogP contribution is 2.45. The maximum atomic E-state index is 13.1. The summed E-state index contributed by atoms with van der Waals surface area (Å²) in [5.41, 5.74) is 0. The van der Waals surface area contributed by atoms with E-state index in [2.05, 4.69) is 34.6 Å². The lowest BCUT2D eigenvalue weighted by molar-refractivity contribution is -0.161. The molecule has 92 heavy (non-hydrogen) atoms. The molecule has 0 saturated heterocycles. The molecule has 0 aromatic heterocycles. The van der Waals surface area contributed by atoms with E-state index in [1.54, 1.807) is 0 Å². The molecule has 0 aliphatic heterocycles. The Kier molecular flexibility index (Phi) is 64.9. The number of esters is 4. The van der Waals surface area contributed by atoms with Gasteiger partial charge >= 0.3 is 39.5 Å². The van der Waals surface area contributed by atoms with Crippen molar-refractivity contribution in [3.8, 4) is 0 Å². The van der Waals surface area contributed by atoms with Gasteiger partial charge in [-0.1, -0.05) is 330 Å². The second-order valence-corrected chi connectivity index (χ2v) is 29.7. The van der Waals surface area contributed by atoms with Gasteiger partial charge in [0.1, 0.15) is 19.3 Å².